The summed E-state index contributed by atoms with van der Waals surface area (Å²) in [6.07, 6.45) is -4.56. The van der Waals surface area contributed by atoms with Crippen LogP contribution in [0.2, 0.25) is 0 Å². The lowest BCUT2D eigenvalue weighted by Gasteiger charge is -2.44. The minimum atomic E-state index is -1.39. The third kappa shape index (κ3) is 7.46. The Kier molecular flexibility index (Phi) is 9.61. The number of ether oxygens (including phenoxy) is 5. The standard InChI is InChI=1S/C29H32O7/c1-21(30)35-28-27(34-19-24-15-9-4-10-16-24)26(33-18-23-13-7-3-8-14-23)25(36-29(28)31)20-32-17-22-11-5-2-6-12-22/h2-16,25-29,31H,17-20H2,1H3/t25?,26-,27-,28?,29+/m0/s1. The number of carbonyl (C=O) groups is 1. The lowest BCUT2D eigenvalue weighted by atomic mass is 9.98. The second-order valence-corrected chi connectivity index (χ2v) is 8.66. The molecule has 0 bridgehead atoms. The molecule has 0 saturated carbocycles. The maximum absolute atomic E-state index is 11.9. The molecule has 1 aliphatic heterocycles. The first kappa shape index (κ1) is 26.0. The number of benzene rings is 3. The monoisotopic (exact) mass is 492 g/mol. The van der Waals surface area contributed by atoms with E-state index in [1.807, 2.05) is 91.0 Å². The molecule has 3 aromatic rings. The van der Waals surface area contributed by atoms with Crippen LogP contribution in [0.15, 0.2) is 91.0 Å². The average Bonchev–Trinajstić information content (AvgIpc) is 2.90. The van der Waals surface area contributed by atoms with E-state index < -0.39 is 36.7 Å². The zero-order valence-corrected chi connectivity index (χ0v) is 20.3. The zero-order valence-electron chi connectivity index (χ0n) is 20.3. The summed E-state index contributed by atoms with van der Waals surface area (Å²) in [5.74, 6) is -0.545. The van der Waals surface area contributed by atoms with Crippen molar-refractivity contribution in [3.8, 4) is 0 Å². The number of rotatable bonds is 11. The molecule has 7 nitrogen and oxygen atoms in total. The molecule has 1 saturated heterocycles. The molecule has 0 aliphatic carbocycles. The molecule has 0 aromatic heterocycles. The topological polar surface area (TPSA) is 83.5 Å². The van der Waals surface area contributed by atoms with Crippen LogP contribution in [0.25, 0.3) is 0 Å². The molecule has 0 amide bonds. The predicted octanol–water partition coefficient (Wildman–Crippen LogP) is 4.02. The number of hydrogen-bond donors (Lipinski definition) is 1. The molecule has 1 fully saturated rings. The summed E-state index contributed by atoms with van der Waals surface area (Å²) in [4.78, 5) is 11.9. The van der Waals surface area contributed by atoms with Gasteiger partial charge in [0, 0.05) is 6.92 Å². The molecular weight excluding hydrogens is 460 g/mol. The van der Waals surface area contributed by atoms with Crippen molar-refractivity contribution >= 4 is 5.97 Å². The Labute approximate surface area is 211 Å². The van der Waals surface area contributed by atoms with Gasteiger partial charge in [-0.05, 0) is 16.7 Å². The van der Waals surface area contributed by atoms with Crippen LogP contribution in [-0.2, 0) is 48.3 Å². The molecule has 0 spiro atoms. The first-order chi connectivity index (χ1) is 17.6. The van der Waals surface area contributed by atoms with Gasteiger partial charge in [0.15, 0.2) is 12.4 Å². The molecule has 2 unspecified atom stereocenters. The number of aliphatic hydroxyl groups is 1. The third-order valence-corrected chi connectivity index (χ3v) is 5.88. The van der Waals surface area contributed by atoms with Crippen molar-refractivity contribution in [1.82, 2.24) is 0 Å². The molecule has 1 N–H and O–H groups in total. The van der Waals surface area contributed by atoms with E-state index in [-0.39, 0.29) is 19.8 Å². The molecule has 3 aromatic carbocycles. The Morgan fingerprint density at radius 1 is 0.722 bits per heavy atom. The van der Waals surface area contributed by atoms with Gasteiger partial charge in [-0.1, -0.05) is 91.0 Å². The van der Waals surface area contributed by atoms with Crippen LogP contribution < -0.4 is 0 Å². The van der Waals surface area contributed by atoms with E-state index in [9.17, 15) is 9.90 Å². The van der Waals surface area contributed by atoms with Gasteiger partial charge in [-0.15, -0.1) is 0 Å². The van der Waals surface area contributed by atoms with Crippen molar-refractivity contribution in [3.63, 3.8) is 0 Å². The van der Waals surface area contributed by atoms with Crippen LogP contribution in [0.1, 0.15) is 23.6 Å². The zero-order chi connectivity index (χ0) is 25.2. The summed E-state index contributed by atoms with van der Waals surface area (Å²) in [6.45, 7) is 2.36. The number of hydrogen-bond acceptors (Lipinski definition) is 7. The van der Waals surface area contributed by atoms with E-state index >= 15 is 0 Å². The second kappa shape index (κ2) is 13.3. The fraction of sp³-hybridized carbons (Fsp3) is 0.345. The quantitative estimate of drug-likeness (QED) is 0.405. The number of carbonyl (C=O) groups excluding carboxylic acids is 1. The lowest BCUT2D eigenvalue weighted by Crippen LogP contribution is -2.61. The van der Waals surface area contributed by atoms with Crippen LogP contribution in [0.5, 0.6) is 0 Å². The first-order valence-corrected chi connectivity index (χ1v) is 12.0. The van der Waals surface area contributed by atoms with Gasteiger partial charge in [-0.3, -0.25) is 4.79 Å². The molecule has 1 aliphatic rings. The maximum Gasteiger partial charge on any atom is 0.303 e. The summed E-state index contributed by atoms with van der Waals surface area (Å²) < 4.78 is 29.8. The van der Waals surface area contributed by atoms with E-state index in [1.54, 1.807) is 0 Å². The highest BCUT2D eigenvalue weighted by Gasteiger charge is 2.49. The van der Waals surface area contributed by atoms with Crippen molar-refractivity contribution in [2.45, 2.75) is 57.5 Å². The van der Waals surface area contributed by atoms with Gasteiger partial charge in [-0.25, -0.2) is 0 Å². The summed E-state index contributed by atoms with van der Waals surface area (Å²) in [5.41, 5.74) is 2.93. The van der Waals surface area contributed by atoms with Gasteiger partial charge in [0.25, 0.3) is 0 Å². The Hall–Kier alpha value is -3.07. The highest BCUT2D eigenvalue weighted by Crippen LogP contribution is 2.29. The molecule has 1 heterocycles. The van der Waals surface area contributed by atoms with Crippen LogP contribution in [-0.4, -0.2) is 48.4 Å². The molecular formula is C29H32O7. The smallest absolute Gasteiger partial charge is 0.303 e. The van der Waals surface area contributed by atoms with Gasteiger partial charge < -0.3 is 28.8 Å². The van der Waals surface area contributed by atoms with Crippen molar-refractivity contribution in [2.75, 3.05) is 6.61 Å². The van der Waals surface area contributed by atoms with Gasteiger partial charge in [0.2, 0.25) is 0 Å². The average molecular weight is 493 g/mol. The summed E-state index contributed by atoms with van der Waals surface area (Å²) >= 11 is 0. The molecule has 190 valence electrons. The van der Waals surface area contributed by atoms with Crippen molar-refractivity contribution in [1.29, 1.82) is 0 Å². The molecule has 36 heavy (non-hydrogen) atoms. The third-order valence-electron chi connectivity index (χ3n) is 5.88. The Morgan fingerprint density at radius 2 is 1.19 bits per heavy atom. The van der Waals surface area contributed by atoms with E-state index in [2.05, 4.69) is 0 Å². The van der Waals surface area contributed by atoms with Gasteiger partial charge >= 0.3 is 5.97 Å². The Balaban J connectivity index is 1.53. The largest absolute Gasteiger partial charge is 0.454 e. The van der Waals surface area contributed by atoms with Crippen molar-refractivity contribution < 1.29 is 33.6 Å². The van der Waals surface area contributed by atoms with Gasteiger partial charge in [-0.2, -0.15) is 0 Å². The highest BCUT2D eigenvalue weighted by atomic mass is 16.7. The van der Waals surface area contributed by atoms with E-state index in [1.165, 1.54) is 6.92 Å². The minimum Gasteiger partial charge on any atom is -0.454 e. The summed E-state index contributed by atoms with van der Waals surface area (Å²) in [7, 11) is 0. The molecule has 7 heteroatoms. The van der Waals surface area contributed by atoms with Crippen LogP contribution in [0.3, 0.4) is 0 Å². The highest BCUT2D eigenvalue weighted by molar-refractivity contribution is 5.66. The predicted molar refractivity (Wildman–Crippen MR) is 133 cm³/mol. The second-order valence-electron chi connectivity index (χ2n) is 8.66. The van der Waals surface area contributed by atoms with Crippen molar-refractivity contribution in [3.05, 3.63) is 108 Å². The van der Waals surface area contributed by atoms with Crippen LogP contribution >= 0.6 is 0 Å². The van der Waals surface area contributed by atoms with Crippen molar-refractivity contribution in [2.24, 2.45) is 0 Å². The summed E-state index contributed by atoms with van der Waals surface area (Å²) in [5, 5.41) is 10.8. The van der Waals surface area contributed by atoms with Gasteiger partial charge in [0.1, 0.15) is 18.3 Å². The maximum atomic E-state index is 11.9. The first-order valence-electron chi connectivity index (χ1n) is 12.0. The normalized spacial score (nSPS) is 23.8. The fourth-order valence-electron chi connectivity index (χ4n) is 4.14. The van der Waals surface area contributed by atoms with E-state index in [4.69, 9.17) is 23.7 Å². The van der Waals surface area contributed by atoms with Gasteiger partial charge in [0.05, 0.1) is 26.4 Å². The fourth-order valence-corrected chi connectivity index (χ4v) is 4.14. The number of aliphatic hydroxyl groups excluding tert-OH is 1. The number of esters is 1. The summed E-state index contributed by atoms with van der Waals surface area (Å²) in [6, 6.07) is 29.2. The Bertz CT molecular complexity index is 1040. The van der Waals surface area contributed by atoms with Crippen LogP contribution in [0.4, 0.5) is 0 Å². The van der Waals surface area contributed by atoms with Crippen LogP contribution in [0, 0.1) is 0 Å². The molecule has 4 rings (SSSR count). The SMILES string of the molecule is CC(=O)OC1[C@H](O)OC(COCc2ccccc2)[C@H](OCc2ccccc2)[C@@H]1OCc1ccccc1. The minimum absolute atomic E-state index is 0.156. The molecule has 0 radical (unpaired) electrons. The molecule has 5 atom stereocenters. The van der Waals surface area contributed by atoms with E-state index in [0.29, 0.717) is 6.61 Å². The van der Waals surface area contributed by atoms with E-state index in [0.717, 1.165) is 16.7 Å². The lowest BCUT2D eigenvalue weighted by molar-refractivity contribution is -0.309. The Morgan fingerprint density at radius 3 is 1.69 bits per heavy atom.